The molecule has 8 saturated carbocycles. The van der Waals surface area contributed by atoms with Crippen LogP contribution in [-0.4, -0.2) is 184 Å². The highest BCUT2D eigenvalue weighted by atomic mass is 32.2. The number of rotatable bonds is 1. The van der Waals surface area contributed by atoms with Gasteiger partial charge < -0.3 is 9.47 Å². The van der Waals surface area contributed by atoms with Crippen LogP contribution in [0, 0.1) is 97.6 Å². The van der Waals surface area contributed by atoms with E-state index in [2.05, 4.69) is 387 Å². The summed E-state index contributed by atoms with van der Waals surface area (Å²) in [6.45, 7) is 91.1. The third-order valence-corrected chi connectivity index (χ3v) is 46.0. The van der Waals surface area contributed by atoms with Crippen LogP contribution in [0.2, 0.25) is 0 Å². The van der Waals surface area contributed by atoms with E-state index in [1.54, 1.807) is 35.6 Å². The summed E-state index contributed by atoms with van der Waals surface area (Å²) in [5, 5.41) is 1.71. The van der Waals surface area contributed by atoms with Crippen LogP contribution in [0.15, 0.2) is 72.8 Å². The molecule has 11 saturated heterocycles. The lowest BCUT2D eigenvalue weighted by Gasteiger charge is -2.49. The zero-order valence-electron chi connectivity index (χ0n) is 94.6. The second-order valence-electron chi connectivity index (χ2n) is 61.6. The molecule has 3 aromatic carbocycles. The summed E-state index contributed by atoms with van der Waals surface area (Å²) in [5.41, 5.74) is 13.8. The minimum atomic E-state index is -0.0753. The van der Waals surface area contributed by atoms with E-state index in [1.807, 2.05) is 7.05 Å². The fraction of sp³-hybridized carbons (Fsp3) is 0.847. The van der Waals surface area contributed by atoms with E-state index in [0.717, 1.165) is 118 Å². The van der Waals surface area contributed by atoms with Crippen molar-refractivity contribution in [2.24, 2.45) is 97.6 Å². The van der Waals surface area contributed by atoms with Crippen molar-refractivity contribution in [2.75, 3.05) is 7.05 Å². The van der Waals surface area contributed by atoms with Gasteiger partial charge in [-0.1, -0.05) is 255 Å². The molecule has 0 spiro atoms. The first kappa shape index (κ1) is 105. The number of Topliss-reactive ketones (excluding diaryl/α,β-unsaturated/α-hetero) is 1. The van der Waals surface area contributed by atoms with Gasteiger partial charge in [0.25, 0.3) is 0 Å². The molecule has 0 radical (unpaired) electrons. The highest BCUT2D eigenvalue weighted by Crippen LogP contribution is 2.82. The summed E-state index contributed by atoms with van der Waals surface area (Å²) in [6.07, 6.45) is 32.1. The van der Waals surface area contributed by atoms with Crippen molar-refractivity contribution in [3.63, 3.8) is 0 Å². The Morgan fingerprint density at radius 3 is 1.08 bits per heavy atom. The van der Waals surface area contributed by atoms with E-state index in [9.17, 15) is 4.79 Å². The molecule has 19 fully saturated rings. The van der Waals surface area contributed by atoms with Gasteiger partial charge in [0.05, 0.1) is 15.8 Å². The molecule has 11 aliphatic carbocycles. The van der Waals surface area contributed by atoms with Gasteiger partial charge in [-0.25, -0.2) is 0 Å². The zero-order valence-corrected chi connectivity index (χ0v) is 96.2. The van der Waals surface area contributed by atoms with Gasteiger partial charge in [-0.05, 0) is 343 Å². The molecular weight excluding hydrogens is 1720 g/mol. The van der Waals surface area contributed by atoms with Gasteiger partial charge in [0.1, 0.15) is 18.0 Å². The maximum Gasteiger partial charge on any atom is 0.154 e. The second kappa shape index (κ2) is 33.8. The van der Waals surface area contributed by atoms with Crippen molar-refractivity contribution in [3.8, 4) is 0 Å². The lowest BCUT2D eigenvalue weighted by molar-refractivity contribution is -0.121. The number of ether oxygens (including phenoxy) is 2. The molecule has 0 amide bonds. The number of likely N-dealkylation sites (N-methyl/N-ethyl adjacent to an activating group) is 1. The summed E-state index contributed by atoms with van der Waals surface area (Å²) < 4.78 is 13.0. The minimum Gasteiger partial charge on any atom is -0.349 e. The molecule has 32 unspecified atom stereocenters. The number of likely N-dealkylation sites (tertiary alicyclic amines) is 7. The number of hydrogen-bond donors (Lipinski definition) is 0. The van der Waals surface area contributed by atoms with Crippen molar-refractivity contribution in [2.45, 2.75) is 559 Å². The van der Waals surface area contributed by atoms with Crippen LogP contribution in [-0.2, 0) is 33.5 Å². The minimum absolute atomic E-state index is 0. The Morgan fingerprint density at radius 2 is 0.672 bits per heavy atom. The van der Waals surface area contributed by atoms with E-state index in [4.69, 9.17) is 9.47 Å². The number of epoxide rings is 2. The van der Waals surface area contributed by atoms with Crippen molar-refractivity contribution in [3.05, 3.63) is 106 Å². The molecule has 137 heavy (non-hydrogen) atoms. The number of benzene rings is 3. The number of fused-ring (bicyclic) bond motifs is 30. The number of hydrogen-bond acceptors (Lipinski definition) is 12. The van der Waals surface area contributed by atoms with Crippen LogP contribution in [0.25, 0.3) is 0 Å². The Hall–Kier alpha value is -2.40. The van der Waals surface area contributed by atoms with Gasteiger partial charge in [0.2, 0.25) is 0 Å². The molecule has 10 nitrogen and oxygen atoms in total. The van der Waals surface area contributed by atoms with Crippen LogP contribution < -0.4 is 0 Å². The highest BCUT2D eigenvalue weighted by molar-refractivity contribution is 8.09. The molecule has 22 aliphatic rings. The molecule has 0 N–H and O–H groups in total. The molecule has 11 aliphatic heterocycles. The topological polar surface area (TPSA) is 64.8 Å². The van der Waals surface area contributed by atoms with E-state index in [-0.39, 0.29) is 55.2 Å². The smallest absolute Gasteiger partial charge is 0.154 e. The molecule has 3 aromatic rings. The lowest BCUT2D eigenvalue weighted by Crippen LogP contribution is -2.58. The Balaban J connectivity index is 0.000000107. The number of halogens is 1. The van der Waals surface area contributed by atoms with E-state index < -0.39 is 0 Å². The van der Waals surface area contributed by atoms with Crippen molar-refractivity contribution < 1.29 is 19.0 Å². The third kappa shape index (κ3) is 16.0. The number of nitrogens with zero attached hydrogens (tertiary/aromatic N) is 7. The first-order chi connectivity index (χ1) is 62.7. The standard InChI is InChI=1S/C20H35N.C20H29N.C19H33NO.C19H27NO.C19H33NS.C19H27NS.C8H15NO.FH/c2*1-18(2,3)20-12-15(20)17-14-10-8-7-9-13(14)11-16(17)21(20)19(4,5)6;4*1-17(2,3)19-16(21-19)15-13-10-8-7-9-12(13)11-14(15)20(19)18(4,5)6;1-6-4-5-8(7(2)10)9(6)3;/h13-17H,7-12H2,1-6H3;7-10,15-17H,11-12H2,1-6H3;12-16H,7-11H2,1-6H3;7-10,14-16H,11H2,1-6H3;12-16H,7-11H2,1-6H3;7-10,14-16H,11H2,1-6H3;6,8H,4-5H2,1-3H3;1H. The largest absolute Gasteiger partial charge is 0.349 e. The first-order valence-electron chi connectivity index (χ1n) is 56.6. The number of thioether (sulfide) groups is 2. The summed E-state index contributed by atoms with van der Waals surface area (Å²) >= 11 is 4.56. The van der Waals surface area contributed by atoms with Crippen LogP contribution in [0.4, 0.5) is 4.70 Å². The Bertz CT molecular complexity index is 4480. The molecule has 32 atom stereocenters. The van der Waals surface area contributed by atoms with Gasteiger partial charge in [0.15, 0.2) is 11.4 Å². The van der Waals surface area contributed by atoms with Crippen molar-refractivity contribution >= 4 is 29.3 Å². The normalized spacial score (nSPS) is 42.9. The SMILES string of the molecule is CC(=O)C1CCC(C)N1C.CC(C)(C)N1C2CC3CCCCC3C2C2CC21C(C)(C)C.CC(C)(C)N1C2CC3CCCCC3C2C2OC21C(C)(C)C.CC(C)(C)N1C2CC3CCCCC3C2C2SC21C(C)(C)C.CC(C)(C)N1C2Cc3ccccc3C2C2CC21C(C)(C)C.CC(C)(C)N1C2Cc3ccccc3C2C2OC21C(C)(C)C.CC(C)(C)N1C2Cc3ccccc3C2C2SC21C(C)(C)C.F. The first-order valence-corrected chi connectivity index (χ1v) is 58.4. The maximum atomic E-state index is 11.0. The zero-order chi connectivity index (χ0) is 99.0. The Morgan fingerprint density at radius 1 is 0.343 bits per heavy atom. The van der Waals surface area contributed by atoms with Crippen molar-refractivity contribution in [1.29, 1.82) is 0 Å². The highest BCUT2D eigenvalue weighted by Gasteiger charge is 2.85. The lowest BCUT2D eigenvalue weighted by atomic mass is 9.74. The van der Waals surface area contributed by atoms with Crippen LogP contribution in [0.3, 0.4) is 0 Å². The number of carbonyl (C=O) groups is 1. The molecule has 768 valence electrons. The van der Waals surface area contributed by atoms with Gasteiger partial charge in [-0.3, -0.25) is 43.8 Å². The fourth-order valence-electron chi connectivity index (χ4n) is 37.8. The van der Waals surface area contributed by atoms with E-state index in [0.29, 0.717) is 95.6 Å². The van der Waals surface area contributed by atoms with Crippen LogP contribution >= 0.6 is 23.5 Å². The Kier molecular flexibility index (Phi) is 25.8. The summed E-state index contributed by atoms with van der Waals surface area (Å²) in [5.74, 6) is 13.3. The molecule has 0 bridgehead atoms. The van der Waals surface area contributed by atoms with Gasteiger partial charge in [-0.2, -0.15) is 0 Å². The summed E-state index contributed by atoms with van der Waals surface area (Å²) in [7, 11) is 2.03. The molecular formula is C124H200FN7O3S2. The summed E-state index contributed by atoms with van der Waals surface area (Å²) in [6, 6.07) is 32.7. The number of ketones is 1. The predicted molar refractivity (Wildman–Crippen MR) is 577 cm³/mol. The van der Waals surface area contributed by atoms with Gasteiger partial charge >= 0.3 is 0 Å². The van der Waals surface area contributed by atoms with E-state index >= 15 is 0 Å². The number of carbonyl (C=O) groups excluding carboxylic acids is 1. The monoisotopic (exact) mass is 1920 g/mol. The number of piperidine rings is 2. The molecule has 25 rings (SSSR count). The van der Waals surface area contributed by atoms with Crippen molar-refractivity contribution in [1.82, 2.24) is 34.3 Å². The molecule has 0 aromatic heterocycles. The average Bonchev–Trinajstić information content (AvgIpc) is 1.51. The van der Waals surface area contributed by atoms with Crippen LogP contribution in [0.1, 0.15) is 436 Å². The maximum absolute atomic E-state index is 11.0. The van der Waals surface area contributed by atoms with Crippen LogP contribution in [0.5, 0.6) is 0 Å². The van der Waals surface area contributed by atoms with Gasteiger partial charge in [-0.15, -0.1) is 23.5 Å². The quantitative estimate of drug-likeness (QED) is 0.218. The summed E-state index contributed by atoms with van der Waals surface area (Å²) in [4.78, 5) is 31.3. The van der Waals surface area contributed by atoms with Gasteiger partial charge in [0, 0.05) is 132 Å². The Labute approximate surface area is 846 Å². The second-order valence-corrected chi connectivity index (χ2v) is 64.4. The fourth-order valence-corrected chi connectivity index (χ4v) is 42.4. The predicted octanol–water partition coefficient (Wildman–Crippen LogP) is 29.1. The molecule has 13 heteroatoms. The molecule has 11 heterocycles. The average molecular weight is 1920 g/mol. The third-order valence-electron chi connectivity index (χ3n) is 41.9. The van der Waals surface area contributed by atoms with E-state index in [1.165, 1.54) is 140 Å².